The summed E-state index contributed by atoms with van der Waals surface area (Å²) >= 11 is 0. The van der Waals surface area contributed by atoms with Crippen molar-refractivity contribution < 1.29 is 23.8 Å². The summed E-state index contributed by atoms with van der Waals surface area (Å²) in [4.78, 5) is 27.7. The van der Waals surface area contributed by atoms with E-state index in [0.29, 0.717) is 41.0 Å². The van der Waals surface area contributed by atoms with Gasteiger partial charge >= 0.3 is 0 Å². The molecule has 0 bridgehead atoms. The third-order valence-corrected chi connectivity index (χ3v) is 5.45. The van der Waals surface area contributed by atoms with Crippen molar-refractivity contribution in [1.29, 1.82) is 0 Å². The van der Waals surface area contributed by atoms with Crippen molar-refractivity contribution in [3.05, 3.63) is 88.9 Å². The molecule has 1 aliphatic heterocycles. The number of amides is 1. The van der Waals surface area contributed by atoms with Gasteiger partial charge in [-0.05, 0) is 61.7 Å². The molecule has 0 aliphatic carbocycles. The number of anilines is 1. The van der Waals surface area contributed by atoms with Gasteiger partial charge in [0.05, 0.1) is 12.2 Å². The predicted octanol–water partition coefficient (Wildman–Crippen LogP) is 5.56. The van der Waals surface area contributed by atoms with Gasteiger partial charge in [-0.15, -0.1) is 0 Å². The summed E-state index contributed by atoms with van der Waals surface area (Å²) in [5, 5.41) is 11.3. The maximum Gasteiger partial charge on any atom is 0.300 e. The zero-order valence-electron chi connectivity index (χ0n) is 19.2. The number of hydrogen-bond acceptors (Lipinski definition) is 5. The molecule has 1 atom stereocenters. The first-order valence-electron chi connectivity index (χ1n) is 10.9. The summed E-state index contributed by atoms with van der Waals surface area (Å²) < 4.78 is 11.6. The number of rotatable bonds is 6. The molecule has 1 amide bonds. The summed E-state index contributed by atoms with van der Waals surface area (Å²) in [5.41, 5.74) is 1.88. The van der Waals surface area contributed by atoms with Gasteiger partial charge in [0.2, 0.25) is 0 Å². The highest BCUT2D eigenvalue weighted by atomic mass is 16.5. The van der Waals surface area contributed by atoms with E-state index >= 15 is 0 Å². The SMILES string of the molecule is Cc1cccc(N2C(=O)C(=O)/C(=C(\O)c3cccc(OCC(C)C)c3)C2c2ccc(C)o2)c1. The van der Waals surface area contributed by atoms with E-state index in [1.54, 1.807) is 49.4 Å². The smallest absolute Gasteiger partial charge is 0.300 e. The molecule has 2 heterocycles. The second-order valence-corrected chi connectivity index (χ2v) is 8.69. The first-order valence-corrected chi connectivity index (χ1v) is 10.9. The first kappa shape index (κ1) is 22.4. The topological polar surface area (TPSA) is 80.0 Å². The number of Topliss-reactive ketones (excluding diaryl/α,β-unsaturated/α-hetero) is 1. The fraction of sp³-hybridized carbons (Fsp3) is 0.259. The van der Waals surface area contributed by atoms with Gasteiger partial charge in [0, 0.05) is 11.3 Å². The average Bonchev–Trinajstić information content (AvgIpc) is 3.33. The standard InChI is InChI=1S/C27H27NO5/c1-16(2)15-32-21-10-6-8-19(14-21)25(29)23-24(22-12-11-18(4)33-22)28(27(31)26(23)30)20-9-5-7-17(3)13-20/h5-14,16,24,29H,15H2,1-4H3/b25-23-. The molecule has 0 radical (unpaired) electrons. The monoisotopic (exact) mass is 445 g/mol. The van der Waals surface area contributed by atoms with E-state index in [-0.39, 0.29) is 11.3 Å². The number of carbonyl (C=O) groups excluding carboxylic acids is 2. The highest BCUT2D eigenvalue weighted by Gasteiger charge is 2.48. The number of benzene rings is 2. The number of ether oxygens (including phenoxy) is 1. The lowest BCUT2D eigenvalue weighted by Crippen LogP contribution is -2.29. The van der Waals surface area contributed by atoms with Crippen LogP contribution >= 0.6 is 0 Å². The lowest BCUT2D eigenvalue weighted by Gasteiger charge is -2.23. The first-order chi connectivity index (χ1) is 15.8. The van der Waals surface area contributed by atoms with Crippen LogP contribution in [0.25, 0.3) is 5.76 Å². The minimum absolute atomic E-state index is 0.0168. The Morgan fingerprint density at radius 3 is 2.48 bits per heavy atom. The van der Waals surface area contributed by atoms with Gasteiger partial charge in [-0.1, -0.05) is 38.1 Å². The van der Waals surface area contributed by atoms with Crippen molar-refractivity contribution in [3.8, 4) is 5.75 Å². The van der Waals surface area contributed by atoms with Crippen LogP contribution in [-0.4, -0.2) is 23.4 Å². The third-order valence-electron chi connectivity index (χ3n) is 5.45. The van der Waals surface area contributed by atoms with E-state index < -0.39 is 17.7 Å². The Kier molecular flexibility index (Phi) is 6.09. The fourth-order valence-corrected chi connectivity index (χ4v) is 3.90. The molecular weight excluding hydrogens is 418 g/mol. The van der Waals surface area contributed by atoms with Gasteiger partial charge in [-0.25, -0.2) is 0 Å². The lowest BCUT2D eigenvalue weighted by atomic mass is 9.99. The molecule has 1 fully saturated rings. The van der Waals surface area contributed by atoms with Crippen molar-refractivity contribution in [2.45, 2.75) is 33.7 Å². The van der Waals surface area contributed by atoms with Crippen molar-refractivity contribution in [2.75, 3.05) is 11.5 Å². The Hall–Kier alpha value is -3.80. The van der Waals surface area contributed by atoms with Crippen LogP contribution in [0.15, 0.2) is 70.7 Å². The molecule has 1 aliphatic rings. The summed E-state index contributed by atoms with van der Waals surface area (Å²) in [6, 6.07) is 16.8. The Balaban J connectivity index is 1.85. The number of carbonyl (C=O) groups is 2. The Bertz CT molecular complexity index is 1240. The van der Waals surface area contributed by atoms with E-state index in [1.807, 2.05) is 39.0 Å². The van der Waals surface area contributed by atoms with Crippen LogP contribution < -0.4 is 9.64 Å². The van der Waals surface area contributed by atoms with Crippen molar-refractivity contribution in [3.63, 3.8) is 0 Å². The van der Waals surface area contributed by atoms with E-state index in [2.05, 4.69) is 0 Å². The normalized spacial score (nSPS) is 17.7. The number of furan rings is 1. The van der Waals surface area contributed by atoms with Crippen molar-refractivity contribution >= 4 is 23.1 Å². The van der Waals surface area contributed by atoms with Gasteiger partial charge in [0.1, 0.15) is 29.1 Å². The average molecular weight is 446 g/mol. The second kappa shape index (κ2) is 8.98. The molecule has 1 saturated heterocycles. The highest BCUT2D eigenvalue weighted by molar-refractivity contribution is 6.51. The van der Waals surface area contributed by atoms with E-state index in [4.69, 9.17) is 9.15 Å². The summed E-state index contributed by atoms with van der Waals surface area (Å²) in [6.45, 7) is 8.31. The van der Waals surface area contributed by atoms with Gasteiger partial charge in [-0.2, -0.15) is 0 Å². The Morgan fingerprint density at radius 1 is 1.06 bits per heavy atom. The van der Waals surface area contributed by atoms with Crippen molar-refractivity contribution in [2.24, 2.45) is 5.92 Å². The number of nitrogens with zero attached hydrogens (tertiary/aromatic N) is 1. The second-order valence-electron chi connectivity index (χ2n) is 8.69. The van der Waals surface area contributed by atoms with Crippen LogP contribution in [-0.2, 0) is 9.59 Å². The molecular formula is C27H27NO5. The molecule has 1 unspecified atom stereocenters. The lowest BCUT2D eigenvalue weighted by molar-refractivity contribution is -0.132. The Labute approximate surface area is 193 Å². The van der Waals surface area contributed by atoms with Gasteiger partial charge in [0.15, 0.2) is 0 Å². The number of ketones is 1. The minimum atomic E-state index is -0.888. The largest absolute Gasteiger partial charge is 0.507 e. The van der Waals surface area contributed by atoms with E-state index in [1.165, 1.54) is 4.90 Å². The van der Waals surface area contributed by atoms with Gasteiger partial charge in [0.25, 0.3) is 11.7 Å². The molecule has 170 valence electrons. The van der Waals surface area contributed by atoms with Crippen molar-refractivity contribution in [1.82, 2.24) is 0 Å². The molecule has 33 heavy (non-hydrogen) atoms. The number of aryl methyl sites for hydroxylation is 2. The molecule has 2 aromatic carbocycles. The summed E-state index contributed by atoms with van der Waals surface area (Å²) in [7, 11) is 0. The molecule has 1 aromatic heterocycles. The molecule has 6 heteroatoms. The Morgan fingerprint density at radius 2 is 1.82 bits per heavy atom. The summed E-state index contributed by atoms with van der Waals surface area (Å²) in [5.74, 6) is 0.216. The minimum Gasteiger partial charge on any atom is -0.507 e. The molecule has 6 nitrogen and oxygen atoms in total. The van der Waals surface area contributed by atoms with Gasteiger partial charge in [-0.3, -0.25) is 14.5 Å². The number of aliphatic hydroxyl groups is 1. The van der Waals surface area contributed by atoms with Crippen LogP contribution in [0.5, 0.6) is 5.75 Å². The zero-order valence-corrected chi connectivity index (χ0v) is 19.2. The molecule has 0 spiro atoms. The summed E-state index contributed by atoms with van der Waals surface area (Å²) in [6.07, 6.45) is 0. The molecule has 1 N–H and O–H groups in total. The molecule has 3 aromatic rings. The van der Waals surface area contributed by atoms with Crippen LogP contribution in [0.4, 0.5) is 5.69 Å². The fourth-order valence-electron chi connectivity index (χ4n) is 3.90. The van der Waals surface area contributed by atoms with Gasteiger partial charge < -0.3 is 14.3 Å². The van der Waals surface area contributed by atoms with Crippen LogP contribution in [0.2, 0.25) is 0 Å². The molecule has 4 rings (SSSR count). The quantitative estimate of drug-likeness (QED) is 0.305. The highest BCUT2D eigenvalue weighted by Crippen LogP contribution is 2.43. The van der Waals surface area contributed by atoms with Crippen LogP contribution in [0.3, 0.4) is 0 Å². The predicted molar refractivity (Wildman–Crippen MR) is 126 cm³/mol. The number of hydrogen-bond donors (Lipinski definition) is 1. The maximum absolute atomic E-state index is 13.2. The molecule has 0 saturated carbocycles. The number of aliphatic hydroxyl groups excluding tert-OH is 1. The van der Waals surface area contributed by atoms with E-state index in [9.17, 15) is 14.7 Å². The third kappa shape index (κ3) is 4.42. The van der Waals surface area contributed by atoms with Crippen LogP contribution in [0, 0.1) is 19.8 Å². The maximum atomic E-state index is 13.2. The zero-order chi connectivity index (χ0) is 23.7. The van der Waals surface area contributed by atoms with E-state index in [0.717, 1.165) is 5.56 Å². The van der Waals surface area contributed by atoms with Crippen LogP contribution in [0.1, 0.15) is 42.5 Å².